The normalized spacial score (nSPS) is 14.9. The van der Waals surface area contributed by atoms with Crippen LogP contribution in [0.5, 0.6) is 0 Å². The molecule has 0 saturated heterocycles. The summed E-state index contributed by atoms with van der Waals surface area (Å²) in [5.41, 5.74) is 9.98. The number of carboxylic acids is 1. The molecule has 1 aromatic rings. The minimum atomic E-state index is -1.42. The van der Waals surface area contributed by atoms with Crippen LogP contribution in [-0.4, -0.2) is 16.1 Å². The SMILES string of the molecule is C[C@@](N)(C(=O)O)c1ccnc(N)c1. The number of pyridine rings is 1. The maximum Gasteiger partial charge on any atom is 0.328 e. The third-order valence-corrected chi connectivity index (χ3v) is 1.83. The highest BCUT2D eigenvalue weighted by Gasteiger charge is 2.30. The topological polar surface area (TPSA) is 102 Å². The number of carbonyl (C=O) groups is 1. The molecular formula is C8H11N3O2. The second-order valence-electron chi connectivity index (χ2n) is 2.98. The number of hydrogen-bond acceptors (Lipinski definition) is 4. The molecule has 13 heavy (non-hydrogen) atoms. The van der Waals surface area contributed by atoms with Crippen molar-refractivity contribution in [3.8, 4) is 0 Å². The van der Waals surface area contributed by atoms with Crippen LogP contribution in [0.15, 0.2) is 18.3 Å². The molecular weight excluding hydrogens is 170 g/mol. The number of rotatable bonds is 2. The number of carboxylic acid groups (broad SMARTS) is 1. The number of hydrogen-bond donors (Lipinski definition) is 3. The molecule has 1 atom stereocenters. The van der Waals surface area contributed by atoms with E-state index in [1.807, 2.05) is 0 Å². The number of aliphatic carboxylic acids is 1. The minimum absolute atomic E-state index is 0.260. The quantitative estimate of drug-likeness (QED) is 0.592. The highest BCUT2D eigenvalue weighted by atomic mass is 16.4. The molecule has 1 aromatic heterocycles. The number of aromatic nitrogens is 1. The first-order valence-corrected chi connectivity index (χ1v) is 3.69. The molecule has 0 amide bonds. The number of anilines is 1. The third-order valence-electron chi connectivity index (χ3n) is 1.83. The van der Waals surface area contributed by atoms with Crippen LogP contribution in [0, 0.1) is 0 Å². The first-order valence-electron chi connectivity index (χ1n) is 3.69. The van der Waals surface area contributed by atoms with Crippen LogP contribution < -0.4 is 11.5 Å². The van der Waals surface area contributed by atoms with Crippen molar-refractivity contribution in [2.75, 3.05) is 5.73 Å². The Hall–Kier alpha value is -1.62. The lowest BCUT2D eigenvalue weighted by Crippen LogP contribution is -2.41. The Balaban J connectivity index is 3.14. The third kappa shape index (κ3) is 1.75. The molecule has 0 aliphatic rings. The Bertz CT molecular complexity index is 336. The van der Waals surface area contributed by atoms with Gasteiger partial charge in [-0.05, 0) is 24.6 Å². The van der Waals surface area contributed by atoms with Crippen LogP contribution in [0.4, 0.5) is 5.82 Å². The Labute approximate surface area is 75.4 Å². The highest BCUT2D eigenvalue weighted by molar-refractivity contribution is 5.80. The Morgan fingerprint density at radius 2 is 2.31 bits per heavy atom. The van der Waals surface area contributed by atoms with Crippen molar-refractivity contribution < 1.29 is 9.90 Å². The van der Waals surface area contributed by atoms with Crippen LogP contribution in [0.25, 0.3) is 0 Å². The van der Waals surface area contributed by atoms with Gasteiger partial charge in [0.25, 0.3) is 0 Å². The molecule has 1 rings (SSSR count). The second kappa shape index (κ2) is 3.02. The van der Waals surface area contributed by atoms with E-state index in [9.17, 15) is 4.79 Å². The molecule has 0 aliphatic carbocycles. The number of nitrogens with two attached hydrogens (primary N) is 2. The zero-order chi connectivity index (χ0) is 10.1. The maximum atomic E-state index is 10.7. The van der Waals surface area contributed by atoms with Gasteiger partial charge in [0.2, 0.25) is 0 Å². The predicted octanol–water partition coefficient (Wildman–Crippen LogP) is -0.0777. The minimum Gasteiger partial charge on any atom is -0.480 e. The van der Waals surface area contributed by atoms with Crippen molar-refractivity contribution in [3.63, 3.8) is 0 Å². The smallest absolute Gasteiger partial charge is 0.328 e. The van der Waals surface area contributed by atoms with Crippen LogP contribution in [-0.2, 0) is 10.3 Å². The zero-order valence-corrected chi connectivity index (χ0v) is 7.19. The van der Waals surface area contributed by atoms with Crippen molar-refractivity contribution in [2.45, 2.75) is 12.5 Å². The monoisotopic (exact) mass is 181 g/mol. The van der Waals surface area contributed by atoms with E-state index in [0.717, 1.165) is 0 Å². The fraction of sp³-hybridized carbons (Fsp3) is 0.250. The van der Waals surface area contributed by atoms with Crippen LogP contribution in [0.2, 0.25) is 0 Å². The summed E-state index contributed by atoms with van der Waals surface area (Å²) >= 11 is 0. The van der Waals surface area contributed by atoms with Gasteiger partial charge in [-0.1, -0.05) is 0 Å². The lowest BCUT2D eigenvalue weighted by Gasteiger charge is -2.19. The van der Waals surface area contributed by atoms with Gasteiger partial charge in [0.05, 0.1) is 0 Å². The van der Waals surface area contributed by atoms with Crippen LogP contribution in [0.1, 0.15) is 12.5 Å². The lowest BCUT2D eigenvalue weighted by atomic mass is 9.94. The van der Waals surface area contributed by atoms with Crippen LogP contribution in [0.3, 0.4) is 0 Å². The van der Waals surface area contributed by atoms with Gasteiger partial charge in [0.15, 0.2) is 0 Å². The second-order valence-corrected chi connectivity index (χ2v) is 2.98. The molecule has 0 bridgehead atoms. The van der Waals surface area contributed by atoms with E-state index >= 15 is 0 Å². The molecule has 0 unspecified atom stereocenters. The molecule has 0 aliphatic heterocycles. The predicted molar refractivity (Wildman–Crippen MR) is 47.8 cm³/mol. The summed E-state index contributed by atoms with van der Waals surface area (Å²) in [6, 6.07) is 2.98. The first kappa shape index (κ1) is 9.47. The number of nitrogen functional groups attached to an aromatic ring is 1. The van der Waals surface area contributed by atoms with E-state index in [1.165, 1.54) is 25.3 Å². The number of nitrogens with zero attached hydrogens (tertiary/aromatic N) is 1. The molecule has 1 heterocycles. The van der Waals surface area contributed by atoms with E-state index in [1.54, 1.807) is 0 Å². The van der Waals surface area contributed by atoms with Gasteiger partial charge in [-0.15, -0.1) is 0 Å². The summed E-state index contributed by atoms with van der Waals surface area (Å²) in [5, 5.41) is 8.80. The van der Waals surface area contributed by atoms with E-state index < -0.39 is 11.5 Å². The van der Waals surface area contributed by atoms with Gasteiger partial charge in [0.1, 0.15) is 11.4 Å². The first-order chi connectivity index (χ1) is 5.94. The van der Waals surface area contributed by atoms with Gasteiger partial charge in [-0.2, -0.15) is 0 Å². The summed E-state index contributed by atoms with van der Waals surface area (Å²) in [5.74, 6) is -0.839. The fourth-order valence-electron chi connectivity index (χ4n) is 0.895. The van der Waals surface area contributed by atoms with E-state index in [4.69, 9.17) is 16.6 Å². The fourth-order valence-corrected chi connectivity index (χ4v) is 0.895. The summed E-state index contributed by atoms with van der Waals surface area (Å²) in [4.78, 5) is 14.5. The molecule has 0 fully saturated rings. The molecule has 5 heteroatoms. The molecule has 0 saturated carbocycles. The van der Waals surface area contributed by atoms with Gasteiger partial charge in [-0.25, -0.2) is 9.78 Å². The summed E-state index contributed by atoms with van der Waals surface area (Å²) in [6.45, 7) is 1.41. The summed E-state index contributed by atoms with van der Waals surface area (Å²) < 4.78 is 0. The summed E-state index contributed by atoms with van der Waals surface area (Å²) in [7, 11) is 0. The lowest BCUT2D eigenvalue weighted by molar-refractivity contribution is -0.143. The molecule has 0 spiro atoms. The van der Waals surface area contributed by atoms with Crippen molar-refractivity contribution in [3.05, 3.63) is 23.9 Å². The van der Waals surface area contributed by atoms with Crippen molar-refractivity contribution in [1.29, 1.82) is 0 Å². The van der Waals surface area contributed by atoms with E-state index in [0.29, 0.717) is 5.56 Å². The van der Waals surface area contributed by atoms with Crippen molar-refractivity contribution in [1.82, 2.24) is 4.98 Å². The molecule has 70 valence electrons. The standard InChI is InChI=1S/C8H11N3O2/c1-8(10,7(12)13)5-2-3-11-6(9)4-5/h2-4H,10H2,1H3,(H2,9,11)(H,12,13)/t8-/m0/s1. The molecule has 0 aromatic carbocycles. The highest BCUT2D eigenvalue weighted by Crippen LogP contribution is 2.18. The van der Waals surface area contributed by atoms with Crippen molar-refractivity contribution in [2.24, 2.45) is 5.73 Å². The maximum absolute atomic E-state index is 10.7. The Morgan fingerprint density at radius 1 is 1.69 bits per heavy atom. The van der Waals surface area contributed by atoms with Gasteiger partial charge in [0, 0.05) is 6.20 Å². The molecule has 0 radical (unpaired) electrons. The average Bonchev–Trinajstić information content (AvgIpc) is 2.04. The van der Waals surface area contributed by atoms with Gasteiger partial charge >= 0.3 is 5.97 Å². The largest absolute Gasteiger partial charge is 0.480 e. The average molecular weight is 181 g/mol. The van der Waals surface area contributed by atoms with Gasteiger partial charge in [-0.3, -0.25) is 0 Å². The zero-order valence-electron chi connectivity index (χ0n) is 7.19. The molecule has 5 nitrogen and oxygen atoms in total. The van der Waals surface area contributed by atoms with Crippen molar-refractivity contribution >= 4 is 11.8 Å². The Kier molecular flexibility index (Phi) is 2.20. The molecule has 5 N–H and O–H groups in total. The van der Waals surface area contributed by atoms with E-state index in [-0.39, 0.29) is 5.82 Å². The van der Waals surface area contributed by atoms with E-state index in [2.05, 4.69) is 4.98 Å². The van der Waals surface area contributed by atoms with Gasteiger partial charge < -0.3 is 16.6 Å². The summed E-state index contributed by atoms with van der Waals surface area (Å²) in [6.07, 6.45) is 1.43. The van der Waals surface area contributed by atoms with Crippen LogP contribution >= 0.6 is 0 Å². The Morgan fingerprint density at radius 3 is 2.77 bits per heavy atom.